The molecule has 0 bridgehead atoms. The maximum absolute atomic E-state index is 11.2. The van der Waals surface area contributed by atoms with Gasteiger partial charge in [-0.1, -0.05) is 0 Å². The predicted molar refractivity (Wildman–Crippen MR) is 71.1 cm³/mol. The van der Waals surface area contributed by atoms with Crippen LogP contribution in [-0.4, -0.2) is 17.1 Å². The van der Waals surface area contributed by atoms with E-state index in [1.165, 1.54) is 19.4 Å². The summed E-state index contributed by atoms with van der Waals surface area (Å²) in [5.41, 5.74) is 0.0326. The molecular formula is C14H10N2O4. The van der Waals surface area contributed by atoms with Gasteiger partial charge >= 0.3 is 11.6 Å². The van der Waals surface area contributed by atoms with E-state index in [4.69, 9.17) is 13.9 Å². The van der Waals surface area contributed by atoms with E-state index in [-0.39, 0.29) is 6.01 Å². The summed E-state index contributed by atoms with van der Waals surface area (Å²) in [6.45, 7) is 0. The van der Waals surface area contributed by atoms with E-state index < -0.39 is 5.63 Å². The van der Waals surface area contributed by atoms with Gasteiger partial charge in [0.1, 0.15) is 11.3 Å². The molecule has 0 N–H and O–H groups in total. The van der Waals surface area contributed by atoms with E-state index in [0.29, 0.717) is 17.2 Å². The van der Waals surface area contributed by atoms with Crippen LogP contribution in [0, 0.1) is 0 Å². The number of fused-ring (bicyclic) bond motifs is 1. The largest absolute Gasteiger partial charge is 0.481 e. The van der Waals surface area contributed by atoms with Gasteiger partial charge in [0.25, 0.3) is 0 Å². The van der Waals surface area contributed by atoms with Crippen molar-refractivity contribution in [2.75, 3.05) is 7.11 Å². The van der Waals surface area contributed by atoms with Gasteiger partial charge in [-0.15, -0.1) is 0 Å². The minimum absolute atomic E-state index is 0.155. The van der Waals surface area contributed by atoms with Crippen LogP contribution < -0.4 is 15.1 Å². The van der Waals surface area contributed by atoms with Crippen LogP contribution in [0.25, 0.3) is 11.0 Å². The summed E-state index contributed by atoms with van der Waals surface area (Å²) < 4.78 is 15.6. The molecule has 6 heteroatoms. The topological polar surface area (TPSA) is 74.5 Å². The van der Waals surface area contributed by atoms with Crippen molar-refractivity contribution in [3.63, 3.8) is 0 Å². The van der Waals surface area contributed by atoms with Crippen LogP contribution in [0.5, 0.6) is 17.6 Å². The van der Waals surface area contributed by atoms with Gasteiger partial charge in [0.2, 0.25) is 5.88 Å². The highest BCUT2D eigenvalue weighted by atomic mass is 16.5. The molecule has 20 heavy (non-hydrogen) atoms. The summed E-state index contributed by atoms with van der Waals surface area (Å²) in [5, 5.41) is 0.809. The van der Waals surface area contributed by atoms with Gasteiger partial charge in [0.05, 0.1) is 7.11 Å². The van der Waals surface area contributed by atoms with Crippen molar-refractivity contribution < 1.29 is 13.9 Å². The third-order valence-electron chi connectivity index (χ3n) is 2.62. The van der Waals surface area contributed by atoms with E-state index in [0.717, 1.165) is 5.39 Å². The first kappa shape index (κ1) is 12.2. The molecule has 6 nitrogen and oxygen atoms in total. The summed E-state index contributed by atoms with van der Waals surface area (Å²) in [6, 6.07) is 9.97. The Labute approximate surface area is 113 Å². The molecular weight excluding hydrogens is 260 g/mol. The number of rotatable bonds is 3. The molecule has 0 fully saturated rings. The summed E-state index contributed by atoms with van der Waals surface area (Å²) in [5.74, 6) is 0.877. The average molecular weight is 270 g/mol. The molecule has 3 aromatic rings. The summed E-state index contributed by atoms with van der Waals surface area (Å²) in [7, 11) is 1.51. The molecule has 0 saturated carbocycles. The Morgan fingerprint density at radius 2 is 2.00 bits per heavy atom. The van der Waals surface area contributed by atoms with Crippen LogP contribution in [-0.2, 0) is 0 Å². The molecule has 1 aromatic carbocycles. The van der Waals surface area contributed by atoms with E-state index in [9.17, 15) is 4.79 Å². The Balaban J connectivity index is 1.95. The molecule has 0 aliphatic rings. The molecule has 0 amide bonds. The molecule has 0 unspecified atom stereocenters. The third kappa shape index (κ3) is 2.44. The van der Waals surface area contributed by atoms with Gasteiger partial charge < -0.3 is 13.9 Å². The molecule has 0 atom stereocenters. The molecule has 0 saturated heterocycles. The number of aromatic nitrogens is 2. The van der Waals surface area contributed by atoms with Gasteiger partial charge in [-0.25, -0.2) is 9.78 Å². The second-order valence-electron chi connectivity index (χ2n) is 3.94. The third-order valence-corrected chi connectivity index (χ3v) is 2.62. The molecule has 100 valence electrons. The number of methoxy groups -OCH3 is 1. The van der Waals surface area contributed by atoms with Crippen LogP contribution in [0.2, 0.25) is 0 Å². The van der Waals surface area contributed by atoms with Crippen LogP contribution in [0.4, 0.5) is 0 Å². The zero-order valence-corrected chi connectivity index (χ0v) is 10.6. The SMILES string of the molecule is COc1ccnc(Oc2ccc3ccc(=O)oc3c2)n1. The van der Waals surface area contributed by atoms with Crippen LogP contribution in [0.15, 0.2) is 51.8 Å². The lowest BCUT2D eigenvalue weighted by atomic mass is 10.2. The number of ether oxygens (including phenoxy) is 2. The molecule has 0 spiro atoms. The highest BCUT2D eigenvalue weighted by molar-refractivity contribution is 5.77. The normalized spacial score (nSPS) is 10.4. The number of hydrogen-bond donors (Lipinski definition) is 0. The van der Waals surface area contributed by atoms with Crippen molar-refractivity contribution in [2.45, 2.75) is 0 Å². The standard InChI is InChI=1S/C14H10N2O4/c1-18-12-6-7-15-14(16-12)19-10-4-2-9-3-5-13(17)20-11(9)8-10/h2-8H,1H3. The molecule has 0 radical (unpaired) electrons. The zero-order chi connectivity index (χ0) is 13.9. The van der Waals surface area contributed by atoms with E-state index in [1.807, 2.05) is 0 Å². The van der Waals surface area contributed by atoms with Crippen molar-refractivity contribution in [3.05, 3.63) is 53.0 Å². The second-order valence-corrected chi connectivity index (χ2v) is 3.94. The van der Waals surface area contributed by atoms with Gasteiger partial charge in [0, 0.05) is 29.8 Å². The fourth-order valence-electron chi connectivity index (χ4n) is 1.70. The first-order valence-electron chi connectivity index (χ1n) is 5.83. The average Bonchev–Trinajstić information content (AvgIpc) is 2.47. The number of hydrogen-bond acceptors (Lipinski definition) is 6. The second kappa shape index (κ2) is 5.00. The van der Waals surface area contributed by atoms with Crippen molar-refractivity contribution in [2.24, 2.45) is 0 Å². The first-order chi connectivity index (χ1) is 9.74. The van der Waals surface area contributed by atoms with Crippen LogP contribution in [0.3, 0.4) is 0 Å². The van der Waals surface area contributed by atoms with E-state index >= 15 is 0 Å². The van der Waals surface area contributed by atoms with Gasteiger partial charge in [-0.2, -0.15) is 4.98 Å². The predicted octanol–water partition coefficient (Wildman–Crippen LogP) is 2.38. The lowest BCUT2D eigenvalue weighted by Gasteiger charge is -2.05. The van der Waals surface area contributed by atoms with Crippen molar-refractivity contribution in [3.8, 4) is 17.6 Å². The fraction of sp³-hybridized carbons (Fsp3) is 0.0714. The Morgan fingerprint density at radius 3 is 2.85 bits per heavy atom. The fourth-order valence-corrected chi connectivity index (χ4v) is 1.70. The number of nitrogens with zero attached hydrogens (tertiary/aromatic N) is 2. The maximum atomic E-state index is 11.2. The van der Waals surface area contributed by atoms with E-state index in [1.54, 1.807) is 30.3 Å². The zero-order valence-electron chi connectivity index (χ0n) is 10.6. The highest BCUT2D eigenvalue weighted by Crippen LogP contribution is 2.23. The smallest absolute Gasteiger partial charge is 0.336 e. The molecule has 3 rings (SSSR count). The summed E-state index contributed by atoms with van der Waals surface area (Å²) in [6.07, 6.45) is 1.53. The Bertz CT molecular complexity index is 813. The summed E-state index contributed by atoms with van der Waals surface area (Å²) >= 11 is 0. The molecule has 2 heterocycles. The number of benzene rings is 1. The van der Waals surface area contributed by atoms with Crippen LogP contribution >= 0.6 is 0 Å². The minimum Gasteiger partial charge on any atom is -0.481 e. The van der Waals surface area contributed by atoms with Crippen molar-refractivity contribution >= 4 is 11.0 Å². The van der Waals surface area contributed by atoms with Gasteiger partial charge in [0.15, 0.2) is 0 Å². The monoisotopic (exact) mass is 270 g/mol. The van der Waals surface area contributed by atoms with Gasteiger partial charge in [-0.05, 0) is 18.2 Å². The minimum atomic E-state index is -0.410. The quantitative estimate of drug-likeness (QED) is 0.680. The molecule has 0 aliphatic carbocycles. The molecule has 0 aliphatic heterocycles. The Morgan fingerprint density at radius 1 is 1.15 bits per heavy atom. The van der Waals surface area contributed by atoms with E-state index in [2.05, 4.69) is 9.97 Å². The first-order valence-corrected chi connectivity index (χ1v) is 5.83. The lowest BCUT2D eigenvalue weighted by Crippen LogP contribution is -1.96. The van der Waals surface area contributed by atoms with Gasteiger partial charge in [-0.3, -0.25) is 0 Å². The van der Waals surface area contributed by atoms with Crippen molar-refractivity contribution in [1.82, 2.24) is 9.97 Å². The summed E-state index contributed by atoms with van der Waals surface area (Å²) in [4.78, 5) is 19.2. The highest BCUT2D eigenvalue weighted by Gasteiger charge is 2.05. The Kier molecular flexibility index (Phi) is 3.04. The van der Waals surface area contributed by atoms with Crippen LogP contribution in [0.1, 0.15) is 0 Å². The lowest BCUT2D eigenvalue weighted by molar-refractivity contribution is 0.376. The molecule has 2 aromatic heterocycles. The van der Waals surface area contributed by atoms with Crippen molar-refractivity contribution in [1.29, 1.82) is 0 Å². The maximum Gasteiger partial charge on any atom is 0.336 e. The Hall–Kier alpha value is -2.89.